The molecular formula is C27H43NO4. The Morgan fingerprint density at radius 3 is 1.91 bits per heavy atom. The summed E-state index contributed by atoms with van der Waals surface area (Å²) in [5.41, 5.74) is 0. The molecule has 1 atom stereocenters. The number of ether oxygens (including phenoxy) is 1. The molecule has 0 radical (unpaired) electrons. The van der Waals surface area contributed by atoms with Crippen molar-refractivity contribution in [1.82, 2.24) is 0 Å². The van der Waals surface area contributed by atoms with Crippen LogP contribution in [0.4, 0.5) is 0 Å². The summed E-state index contributed by atoms with van der Waals surface area (Å²) in [6.45, 7) is 2.64. The standard InChI is InChI=1S/C27H43NO4/c1-5-6-7-8-9-10-11-12-13-14-15-16-17-18-19-20-21-22-27(31)32-25(23-26(29)30)24-28(2,3)4/h13-22,25H,5-12,23-24H2,1-4H3. The van der Waals surface area contributed by atoms with Crippen molar-refractivity contribution in [3.05, 3.63) is 60.8 Å². The van der Waals surface area contributed by atoms with Crippen molar-refractivity contribution in [3.8, 4) is 0 Å². The molecule has 0 aromatic heterocycles. The number of carboxylic acids is 1. The van der Waals surface area contributed by atoms with Gasteiger partial charge < -0.3 is 19.1 Å². The van der Waals surface area contributed by atoms with Gasteiger partial charge in [0.2, 0.25) is 0 Å². The number of esters is 1. The SMILES string of the molecule is CCCCCCCCCC=CC=CC=CC=CC=CC(=O)OC(CC(=O)[O-])C[N+](C)(C)C. The number of likely N-dealkylation sites (N-methyl/N-ethyl adjacent to an activating group) is 1. The van der Waals surface area contributed by atoms with Gasteiger partial charge in [0, 0.05) is 18.5 Å². The largest absolute Gasteiger partial charge is 0.550 e. The highest BCUT2D eigenvalue weighted by Gasteiger charge is 2.21. The van der Waals surface area contributed by atoms with Crippen LogP contribution in [0.3, 0.4) is 0 Å². The first-order valence-electron chi connectivity index (χ1n) is 11.8. The number of carboxylic acid groups (broad SMARTS) is 1. The molecule has 0 aliphatic heterocycles. The second kappa shape index (κ2) is 19.3. The Bertz CT molecular complexity index is 651. The molecule has 0 heterocycles. The van der Waals surface area contributed by atoms with Crippen LogP contribution in [0.1, 0.15) is 64.7 Å². The predicted molar refractivity (Wildman–Crippen MR) is 131 cm³/mol. The van der Waals surface area contributed by atoms with Gasteiger partial charge >= 0.3 is 5.97 Å². The van der Waals surface area contributed by atoms with Gasteiger partial charge in [0.05, 0.1) is 21.1 Å². The number of allylic oxidation sites excluding steroid dienone is 9. The first-order valence-corrected chi connectivity index (χ1v) is 11.8. The maximum Gasteiger partial charge on any atom is 0.331 e. The maximum atomic E-state index is 11.9. The third kappa shape index (κ3) is 22.3. The molecule has 0 bridgehead atoms. The van der Waals surface area contributed by atoms with Gasteiger partial charge in [0.1, 0.15) is 6.54 Å². The Morgan fingerprint density at radius 2 is 1.34 bits per heavy atom. The van der Waals surface area contributed by atoms with Gasteiger partial charge in [-0.3, -0.25) is 0 Å². The van der Waals surface area contributed by atoms with E-state index in [-0.39, 0.29) is 6.42 Å². The molecule has 0 aromatic carbocycles. The van der Waals surface area contributed by atoms with Gasteiger partial charge in [0.15, 0.2) is 6.10 Å². The maximum absolute atomic E-state index is 11.9. The highest BCUT2D eigenvalue weighted by Crippen LogP contribution is 2.08. The third-order valence-corrected chi connectivity index (χ3v) is 4.55. The van der Waals surface area contributed by atoms with Crippen molar-refractivity contribution in [3.63, 3.8) is 0 Å². The van der Waals surface area contributed by atoms with E-state index in [1.54, 1.807) is 18.2 Å². The van der Waals surface area contributed by atoms with Crippen LogP contribution in [-0.2, 0) is 14.3 Å². The second-order valence-corrected chi connectivity index (χ2v) is 8.96. The van der Waals surface area contributed by atoms with E-state index in [4.69, 9.17) is 4.74 Å². The summed E-state index contributed by atoms with van der Waals surface area (Å²) in [5.74, 6) is -1.80. The molecule has 0 N–H and O–H groups in total. The number of nitrogens with zero attached hydrogens (tertiary/aromatic N) is 1. The zero-order valence-electron chi connectivity index (χ0n) is 20.5. The van der Waals surface area contributed by atoms with Crippen LogP contribution in [0.2, 0.25) is 0 Å². The Morgan fingerprint density at radius 1 is 0.812 bits per heavy atom. The molecule has 0 amide bonds. The van der Waals surface area contributed by atoms with Crippen molar-refractivity contribution in [2.24, 2.45) is 0 Å². The second-order valence-electron chi connectivity index (χ2n) is 8.96. The van der Waals surface area contributed by atoms with E-state index in [1.165, 1.54) is 51.0 Å². The van der Waals surface area contributed by atoms with Gasteiger partial charge in [-0.05, 0) is 12.8 Å². The van der Waals surface area contributed by atoms with Gasteiger partial charge in [0.25, 0.3) is 0 Å². The Kier molecular flexibility index (Phi) is 17.9. The fraction of sp³-hybridized carbons (Fsp3) is 0.556. The number of carbonyl (C=O) groups is 2. The molecule has 180 valence electrons. The minimum atomic E-state index is -1.23. The van der Waals surface area contributed by atoms with Crippen molar-refractivity contribution in [2.45, 2.75) is 70.8 Å². The summed E-state index contributed by atoms with van der Waals surface area (Å²) in [4.78, 5) is 22.7. The summed E-state index contributed by atoms with van der Waals surface area (Å²) in [5, 5.41) is 10.8. The summed E-state index contributed by atoms with van der Waals surface area (Å²) in [6.07, 6.45) is 27.8. The average Bonchev–Trinajstić information content (AvgIpc) is 2.68. The van der Waals surface area contributed by atoms with Crippen LogP contribution >= 0.6 is 0 Å². The lowest BCUT2D eigenvalue weighted by molar-refractivity contribution is -0.873. The normalized spacial score (nSPS) is 13.9. The predicted octanol–water partition coefficient (Wildman–Crippen LogP) is 4.67. The summed E-state index contributed by atoms with van der Waals surface area (Å²) >= 11 is 0. The van der Waals surface area contributed by atoms with Crippen molar-refractivity contribution < 1.29 is 23.9 Å². The van der Waals surface area contributed by atoms with Crippen LogP contribution in [0, 0.1) is 0 Å². The third-order valence-electron chi connectivity index (χ3n) is 4.55. The lowest BCUT2D eigenvalue weighted by atomic mass is 10.1. The Labute approximate surface area is 195 Å². The van der Waals surface area contributed by atoms with Crippen LogP contribution in [0.5, 0.6) is 0 Å². The van der Waals surface area contributed by atoms with Crippen molar-refractivity contribution >= 4 is 11.9 Å². The molecule has 0 saturated carbocycles. The molecule has 0 saturated heterocycles. The molecule has 1 unspecified atom stereocenters. The van der Waals surface area contributed by atoms with Crippen LogP contribution < -0.4 is 5.11 Å². The Balaban J connectivity index is 4.07. The number of rotatable bonds is 18. The number of carbonyl (C=O) groups excluding carboxylic acids is 2. The van der Waals surface area contributed by atoms with Crippen molar-refractivity contribution in [2.75, 3.05) is 27.7 Å². The summed E-state index contributed by atoms with van der Waals surface area (Å²) in [6, 6.07) is 0. The van der Waals surface area contributed by atoms with Gasteiger partial charge in [-0.2, -0.15) is 0 Å². The van der Waals surface area contributed by atoms with Gasteiger partial charge in [-0.1, -0.05) is 100 Å². The van der Waals surface area contributed by atoms with Gasteiger partial charge in [-0.25, -0.2) is 4.79 Å². The topological polar surface area (TPSA) is 66.4 Å². The molecule has 0 fully saturated rings. The molecule has 0 rings (SSSR count). The zero-order chi connectivity index (χ0) is 24.1. The lowest BCUT2D eigenvalue weighted by Crippen LogP contribution is -2.45. The van der Waals surface area contributed by atoms with E-state index >= 15 is 0 Å². The molecule has 32 heavy (non-hydrogen) atoms. The first-order chi connectivity index (χ1) is 15.2. The molecular weight excluding hydrogens is 402 g/mol. The molecule has 0 aliphatic rings. The van der Waals surface area contributed by atoms with Crippen LogP contribution in [-0.4, -0.2) is 50.2 Å². The highest BCUT2D eigenvalue weighted by atomic mass is 16.5. The number of quaternary nitrogens is 1. The van der Waals surface area contributed by atoms with E-state index in [1.807, 2.05) is 45.4 Å². The number of hydrogen-bond acceptors (Lipinski definition) is 4. The Hall–Kier alpha value is -2.40. The fourth-order valence-corrected chi connectivity index (χ4v) is 3.06. The molecule has 5 heteroatoms. The smallest absolute Gasteiger partial charge is 0.331 e. The quantitative estimate of drug-likeness (QED) is 0.101. The zero-order valence-corrected chi connectivity index (χ0v) is 20.5. The molecule has 0 aliphatic carbocycles. The lowest BCUT2D eigenvalue weighted by Gasteiger charge is -2.28. The first kappa shape index (κ1) is 29.6. The summed E-state index contributed by atoms with van der Waals surface area (Å²) in [7, 11) is 5.71. The fourth-order valence-electron chi connectivity index (χ4n) is 3.06. The van der Waals surface area contributed by atoms with E-state index in [9.17, 15) is 14.7 Å². The molecule has 0 spiro atoms. The molecule has 5 nitrogen and oxygen atoms in total. The van der Waals surface area contributed by atoms with E-state index in [2.05, 4.69) is 19.1 Å². The number of unbranched alkanes of at least 4 members (excludes halogenated alkanes) is 7. The minimum absolute atomic E-state index is 0.312. The van der Waals surface area contributed by atoms with E-state index < -0.39 is 18.0 Å². The number of aliphatic carboxylic acids is 1. The highest BCUT2D eigenvalue weighted by molar-refractivity contribution is 5.82. The monoisotopic (exact) mass is 445 g/mol. The summed E-state index contributed by atoms with van der Waals surface area (Å²) < 4.78 is 5.72. The van der Waals surface area contributed by atoms with Crippen LogP contribution in [0.15, 0.2) is 60.8 Å². The van der Waals surface area contributed by atoms with E-state index in [0.29, 0.717) is 11.0 Å². The average molecular weight is 446 g/mol. The van der Waals surface area contributed by atoms with Crippen LogP contribution in [0.25, 0.3) is 0 Å². The van der Waals surface area contributed by atoms with Crippen molar-refractivity contribution in [1.29, 1.82) is 0 Å². The number of hydrogen-bond donors (Lipinski definition) is 0. The minimum Gasteiger partial charge on any atom is -0.550 e. The van der Waals surface area contributed by atoms with E-state index in [0.717, 1.165) is 6.42 Å². The molecule has 0 aromatic rings. The van der Waals surface area contributed by atoms with Gasteiger partial charge in [-0.15, -0.1) is 0 Å².